The molecule has 1 aliphatic rings. The molecule has 2 aromatic carbocycles. The minimum absolute atomic E-state index is 0.417. The molecule has 34 heavy (non-hydrogen) atoms. The molecule has 0 atom stereocenters. The number of piperidine rings is 1. The number of anilines is 4. The topological polar surface area (TPSA) is 108 Å². The van der Waals surface area contributed by atoms with E-state index in [1.54, 1.807) is 30.4 Å². The minimum Gasteiger partial charge on any atom is -0.495 e. The lowest BCUT2D eigenvalue weighted by atomic mass is 9.90. The highest BCUT2D eigenvalue weighted by Gasteiger charge is 2.21. The quantitative estimate of drug-likeness (QED) is 0.416. The number of hydrogen-bond acceptors (Lipinski definition) is 8. The molecule has 4 rings (SSSR count). The maximum atomic E-state index is 12.0. The standard InChI is InChI=1S/C24H30N6O3S/c1-17-15-26-16-27-24(17)30(22-7-5-4-6-20(22)29-34(3,31)32)28-21-9-8-19(14-23(21)33-2)18-10-12-25-13-11-18/h4-9,14-16,18,25,28-29H,10-13H2,1-3H3. The number of aryl methyl sites for hydroxylation is 1. The molecule has 0 aliphatic carbocycles. The molecular formula is C24H30N6O3S. The summed E-state index contributed by atoms with van der Waals surface area (Å²) in [5.41, 5.74) is 7.19. The molecule has 3 N–H and O–H groups in total. The fraction of sp³-hybridized carbons (Fsp3) is 0.333. The molecule has 2 heterocycles. The van der Waals surface area contributed by atoms with E-state index < -0.39 is 10.0 Å². The van der Waals surface area contributed by atoms with Crippen molar-refractivity contribution in [2.75, 3.05) is 41.6 Å². The van der Waals surface area contributed by atoms with Gasteiger partial charge < -0.3 is 10.1 Å². The van der Waals surface area contributed by atoms with Crippen LogP contribution in [0, 0.1) is 6.92 Å². The molecule has 0 unspecified atom stereocenters. The summed E-state index contributed by atoms with van der Waals surface area (Å²) in [4.78, 5) is 8.56. The van der Waals surface area contributed by atoms with Gasteiger partial charge in [-0.15, -0.1) is 0 Å². The summed E-state index contributed by atoms with van der Waals surface area (Å²) in [6.07, 6.45) is 6.47. The molecule has 0 spiro atoms. The van der Waals surface area contributed by atoms with Crippen LogP contribution in [0.1, 0.15) is 29.9 Å². The Morgan fingerprint density at radius 3 is 2.59 bits per heavy atom. The van der Waals surface area contributed by atoms with Crippen molar-refractivity contribution in [1.29, 1.82) is 0 Å². The van der Waals surface area contributed by atoms with Gasteiger partial charge in [0, 0.05) is 11.8 Å². The lowest BCUT2D eigenvalue weighted by Gasteiger charge is -2.29. The maximum absolute atomic E-state index is 12.0. The van der Waals surface area contributed by atoms with Crippen LogP contribution in [0.2, 0.25) is 0 Å². The molecule has 9 nitrogen and oxygen atoms in total. The molecule has 0 saturated carbocycles. The third kappa shape index (κ3) is 5.57. The smallest absolute Gasteiger partial charge is 0.229 e. The zero-order chi connectivity index (χ0) is 24.1. The number of rotatable bonds is 8. The fourth-order valence-electron chi connectivity index (χ4n) is 4.14. The average molecular weight is 483 g/mol. The summed E-state index contributed by atoms with van der Waals surface area (Å²) in [5, 5.41) is 5.15. The highest BCUT2D eigenvalue weighted by molar-refractivity contribution is 7.92. The van der Waals surface area contributed by atoms with Gasteiger partial charge >= 0.3 is 0 Å². The third-order valence-corrected chi connectivity index (χ3v) is 6.38. The maximum Gasteiger partial charge on any atom is 0.229 e. The highest BCUT2D eigenvalue weighted by atomic mass is 32.2. The van der Waals surface area contributed by atoms with E-state index in [1.807, 2.05) is 25.1 Å². The first-order valence-corrected chi connectivity index (χ1v) is 13.0. The van der Waals surface area contributed by atoms with Gasteiger partial charge in [-0.2, -0.15) is 0 Å². The van der Waals surface area contributed by atoms with Crippen molar-refractivity contribution < 1.29 is 13.2 Å². The van der Waals surface area contributed by atoms with Crippen LogP contribution < -0.4 is 25.2 Å². The molecule has 3 aromatic rings. The van der Waals surface area contributed by atoms with Crippen LogP contribution in [0.25, 0.3) is 0 Å². The Morgan fingerprint density at radius 2 is 1.88 bits per heavy atom. The van der Waals surface area contributed by atoms with E-state index in [0.29, 0.717) is 28.9 Å². The summed E-state index contributed by atoms with van der Waals surface area (Å²) in [5.74, 6) is 1.77. The van der Waals surface area contributed by atoms with Gasteiger partial charge in [-0.3, -0.25) is 10.1 Å². The number of methoxy groups -OCH3 is 1. The lowest BCUT2D eigenvalue weighted by Crippen LogP contribution is -2.28. The summed E-state index contributed by atoms with van der Waals surface area (Å²) in [6.45, 7) is 3.92. The molecule has 1 fully saturated rings. The predicted octanol–water partition coefficient (Wildman–Crippen LogP) is 3.80. The van der Waals surface area contributed by atoms with Crippen molar-refractivity contribution in [3.63, 3.8) is 0 Å². The summed E-state index contributed by atoms with van der Waals surface area (Å²) in [6, 6.07) is 13.3. The predicted molar refractivity (Wildman–Crippen MR) is 135 cm³/mol. The van der Waals surface area contributed by atoms with Gasteiger partial charge in [0.15, 0.2) is 5.82 Å². The van der Waals surface area contributed by atoms with Gasteiger partial charge in [0.25, 0.3) is 0 Å². The Labute approximate surface area is 200 Å². The zero-order valence-corrected chi connectivity index (χ0v) is 20.4. The SMILES string of the molecule is COc1cc(C2CCNCC2)ccc1NN(c1ccccc1NS(C)(=O)=O)c1ncncc1C. The molecule has 180 valence electrons. The molecule has 1 aromatic heterocycles. The largest absolute Gasteiger partial charge is 0.495 e. The van der Waals surface area contributed by atoms with Gasteiger partial charge in [0.1, 0.15) is 12.1 Å². The van der Waals surface area contributed by atoms with Crippen molar-refractivity contribution in [1.82, 2.24) is 15.3 Å². The Bertz CT molecular complexity index is 1240. The zero-order valence-electron chi connectivity index (χ0n) is 19.6. The summed E-state index contributed by atoms with van der Waals surface area (Å²) in [7, 11) is -1.85. The van der Waals surface area contributed by atoms with Crippen LogP contribution in [0.15, 0.2) is 55.0 Å². The molecule has 0 radical (unpaired) electrons. The monoisotopic (exact) mass is 482 g/mol. The lowest BCUT2D eigenvalue weighted by molar-refractivity contribution is 0.413. The van der Waals surface area contributed by atoms with E-state index in [1.165, 1.54) is 11.9 Å². The molecule has 10 heteroatoms. The van der Waals surface area contributed by atoms with E-state index in [9.17, 15) is 8.42 Å². The van der Waals surface area contributed by atoms with Gasteiger partial charge in [-0.05, 0) is 68.6 Å². The van der Waals surface area contributed by atoms with Crippen LogP contribution in [0.3, 0.4) is 0 Å². The second-order valence-electron chi connectivity index (χ2n) is 8.35. The van der Waals surface area contributed by atoms with Gasteiger partial charge in [0.2, 0.25) is 10.0 Å². The molecule has 1 aliphatic heterocycles. The number of benzene rings is 2. The molecular weight excluding hydrogens is 452 g/mol. The van der Waals surface area contributed by atoms with E-state index >= 15 is 0 Å². The van der Waals surface area contributed by atoms with Crippen molar-refractivity contribution in [2.24, 2.45) is 0 Å². The normalized spacial score (nSPS) is 14.4. The first-order chi connectivity index (χ1) is 16.4. The van der Waals surface area contributed by atoms with Crippen molar-refractivity contribution in [2.45, 2.75) is 25.7 Å². The Kier molecular flexibility index (Phi) is 7.18. The van der Waals surface area contributed by atoms with E-state index in [-0.39, 0.29) is 0 Å². The Morgan fingerprint density at radius 1 is 1.12 bits per heavy atom. The van der Waals surface area contributed by atoms with Crippen LogP contribution in [0.5, 0.6) is 5.75 Å². The summed E-state index contributed by atoms with van der Waals surface area (Å²) < 4.78 is 32.4. The highest BCUT2D eigenvalue weighted by Crippen LogP contribution is 2.37. The molecule has 0 amide bonds. The number of ether oxygens (including phenoxy) is 1. The average Bonchev–Trinajstić information content (AvgIpc) is 2.83. The Balaban J connectivity index is 1.76. The van der Waals surface area contributed by atoms with Crippen molar-refractivity contribution >= 4 is 32.9 Å². The van der Waals surface area contributed by atoms with Crippen molar-refractivity contribution in [3.05, 3.63) is 66.1 Å². The van der Waals surface area contributed by atoms with Crippen LogP contribution >= 0.6 is 0 Å². The van der Waals surface area contributed by atoms with E-state index in [2.05, 4.69) is 37.6 Å². The number of nitrogens with one attached hydrogen (secondary N) is 3. The van der Waals surface area contributed by atoms with Crippen LogP contribution in [-0.4, -0.2) is 44.8 Å². The first-order valence-electron chi connectivity index (χ1n) is 11.1. The Hall–Kier alpha value is -3.37. The number of sulfonamides is 1. The second-order valence-corrected chi connectivity index (χ2v) is 10.1. The first kappa shape index (κ1) is 23.8. The van der Waals surface area contributed by atoms with Gasteiger partial charge in [-0.1, -0.05) is 18.2 Å². The van der Waals surface area contributed by atoms with E-state index in [4.69, 9.17) is 4.74 Å². The fourth-order valence-corrected chi connectivity index (χ4v) is 4.71. The van der Waals surface area contributed by atoms with Crippen LogP contribution in [-0.2, 0) is 10.0 Å². The third-order valence-electron chi connectivity index (χ3n) is 5.79. The van der Waals surface area contributed by atoms with Crippen molar-refractivity contribution in [3.8, 4) is 5.75 Å². The number of nitrogens with zero attached hydrogens (tertiary/aromatic N) is 3. The molecule has 1 saturated heterocycles. The van der Waals surface area contributed by atoms with Crippen LogP contribution in [0.4, 0.5) is 22.9 Å². The van der Waals surface area contributed by atoms with E-state index in [0.717, 1.165) is 43.4 Å². The van der Waals surface area contributed by atoms with Gasteiger partial charge in [-0.25, -0.2) is 23.4 Å². The minimum atomic E-state index is -3.50. The number of para-hydroxylation sites is 2. The second kappa shape index (κ2) is 10.3. The number of aromatic nitrogens is 2. The summed E-state index contributed by atoms with van der Waals surface area (Å²) >= 11 is 0. The number of hydrogen-bond donors (Lipinski definition) is 3. The number of hydrazine groups is 1. The molecule has 0 bridgehead atoms. The van der Waals surface area contributed by atoms with Gasteiger partial charge in [0.05, 0.1) is 30.4 Å².